The van der Waals surface area contributed by atoms with E-state index in [2.05, 4.69) is 114 Å². The molecule has 0 bridgehead atoms. The highest BCUT2D eigenvalue weighted by molar-refractivity contribution is 7.99. The molecule has 49 heavy (non-hydrogen) atoms. The smallest absolute Gasteiger partial charge is 0.0645 e. The zero-order valence-corrected chi connectivity index (χ0v) is 26.9. The van der Waals surface area contributed by atoms with Crippen molar-refractivity contribution < 1.29 is 6.85 Å². The Morgan fingerprint density at radius 1 is 0.408 bits per heavy atom. The van der Waals surface area contributed by atoms with Gasteiger partial charge in [0.2, 0.25) is 0 Å². The Balaban J connectivity index is 1.19. The molecule has 2 nitrogen and oxygen atoms in total. The van der Waals surface area contributed by atoms with E-state index in [1.807, 2.05) is 46.7 Å². The van der Waals surface area contributed by atoms with Gasteiger partial charge in [0.15, 0.2) is 0 Å². The van der Waals surface area contributed by atoms with Gasteiger partial charge in [-0.2, -0.15) is 0 Å². The molecular weight excluding hydrogens is 613 g/mol. The van der Waals surface area contributed by atoms with E-state index >= 15 is 0 Å². The first-order valence-corrected chi connectivity index (χ1v) is 17.2. The Morgan fingerprint density at radius 3 is 1.92 bits per heavy atom. The van der Waals surface area contributed by atoms with E-state index in [1.165, 1.54) is 42.5 Å². The Morgan fingerprint density at radius 2 is 1.06 bits per heavy atom. The number of hydrogen-bond acceptors (Lipinski definition) is 1. The van der Waals surface area contributed by atoms with Crippen LogP contribution in [0.1, 0.15) is 6.85 Å². The minimum Gasteiger partial charge on any atom is -0.309 e. The lowest BCUT2D eigenvalue weighted by molar-refractivity contribution is 1.18. The van der Waals surface area contributed by atoms with Crippen LogP contribution >= 0.6 is 11.8 Å². The summed E-state index contributed by atoms with van der Waals surface area (Å²) >= 11 is 1.84. The van der Waals surface area contributed by atoms with Gasteiger partial charge in [-0.1, -0.05) is 109 Å². The summed E-state index contributed by atoms with van der Waals surface area (Å²) in [6.45, 7) is 0. The molecular formula is C46H28N2S. The summed E-state index contributed by atoms with van der Waals surface area (Å²) in [5.41, 5.74) is 9.70. The molecule has 0 saturated carbocycles. The van der Waals surface area contributed by atoms with Crippen LogP contribution in [0, 0.1) is 0 Å². The van der Waals surface area contributed by atoms with Crippen molar-refractivity contribution in [3.05, 3.63) is 170 Å². The third-order valence-electron chi connectivity index (χ3n) is 9.98. The van der Waals surface area contributed by atoms with Gasteiger partial charge in [0.25, 0.3) is 0 Å². The van der Waals surface area contributed by atoms with Crippen LogP contribution in [0.2, 0.25) is 0 Å². The molecule has 0 saturated heterocycles. The molecule has 11 rings (SSSR count). The van der Waals surface area contributed by atoms with Crippen molar-refractivity contribution >= 4 is 66.1 Å². The van der Waals surface area contributed by atoms with Gasteiger partial charge >= 0.3 is 0 Å². The first-order valence-electron chi connectivity index (χ1n) is 18.9. The third kappa shape index (κ3) is 3.85. The average Bonchev–Trinajstić information content (AvgIpc) is 3.72. The largest absolute Gasteiger partial charge is 0.309 e. The Hall–Kier alpha value is -6.03. The topological polar surface area (TPSA) is 9.86 Å². The fourth-order valence-corrected chi connectivity index (χ4v) is 9.07. The highest BCUT2D eigenvalue weighted by atomic mass is 32.2. The van der Waals surface area contributed by atoms with Gasteiger partial charge in [-0.05, 0) is 100 Å². The lowest BCUT2D eigenvalue weighted by Crippen LogP contribution is -1.96. The number of fused-ring (bicyclic) bond motifs is 9. The van der Waals surface area contributed by atoms with Crippen LogP contribution < -0.4 is 0 Å². The summed E-state index contributed by atoms with van der Waals surface area (Å²) in [6.07, 6.45) is 0. The van der Waals surface area contributed by atoms with Crippen molar-refractivity contribution in [1.29, 1.82) is 0 Å². The number of benzene rings is 8. The number of para-hydroxylation sites is 3. The number of aromatic nitrogens is 2. The highest BCUT2D eigenvalue weighted by Crippen LogP contribution is 2.51. The van der Waals surface area contributed by atoms with E-state index in [0.29, 0.717) is 0 Å². The monoisotopic (exact) mass is 645 g/mol. The molecule has 0 N–H and O–H groups in total. The first-order chi connectivity index (χ1) is 26.4. The molecule has 3 heterocycles. The van der Waals surface area contributed by atoms with Crippen molar-refractivity contribution in [3.8, 4) is 33.6 Å². The number of rotatable bonds is 3. The molecule has 10 aromatic rings. The minimum absolute atomic E-state index is 0.148. The predicted molar refractivity (Wildman–Crippen MR) is 208 cm³/mol. The van der Waals surface area contributed by atoms with Gasteiger partial charge in [-0.25, -0.2) is 0 Å². The first kappa shape index (κ1) is 22.5. The highest BCUT2D eigenvalue weighted by Gasteiger charge is 2.24. The molecule has 8 aromatic carbocycles. The van der Waals surface area contributed by atoms with E-state index in [0.717, 1.165) is 49.7 Å². The van der Waals surface area contributed by atoms with E-state index in [-0.39, 0.29) is 29.9 Å². The van der Waals surface area contributed by atoms with E-state index < -0.39 is 6.04 Å². The van der Waals surface area contributed by atoms with Gasteiger partial charge in [0, 0.05) is 48.1 Å². The van der Waals surface area contributed by atoms with Gasteiger partial charge in [0.1, 0.15) is 0 Å². The lowest BCUT2D eigenvalue weighted by Gasteiger charge is -2.21. The zero-order valence-electron chi connectivity index (χ0n) is 31.1. The molecule has 0 atom stereocenters. The van der Waals surface area contributed by atoms with Crippen molar-refractivity contribution in [3.63, 3.8) is 0 Å². The number of nitrogens with zero attached hydrogens (tertiary/aromatic N) is 2. The van der Waals surface area contributed by atoms with Gasteiger partial charge in [-0.15, -0.1) is 0 Å². The molecule has 228 valence electrons. The molecule has 0 fully saturated rings. The van der Waals surface area contributed by atoms with Crippen molar-refractivity contribution in [1.82, 2.24) is 9.13 Å². The second-order valence-electron chi connectivity index (χ2n) is 12.6. The third-order valence-corrected chi connectivity index (χ3v) is 11.1. The Labute approximate surface area is 294 Å². The second kappa shape index (κ2) is 10.2. The fraction of sp³-hybridized carbons (Fsp3) is 0. The molecule has 0 radical (unpaired) electrons. The van der Waals surface area contributed by atoms with E-state index in [4.69, 9.17) is 6.85 Å². The molecule has 3 heteroatoms. The van der Waals surface area contributed by atoms with Crippen LogP contribution in [0.3, 0.4) is 0 Å². The Kier molecular flexibility index (Phi) is 4.70. The van der Waals surface area contributed by atoms with Crippen molar-refractivity contribution in [2.75, 3.05) is 0 Å². The summed E-state index contributed by atoms with van der Waals surface area (Å²) < 4.78 is 46.7. The van der Waals surface area contributed by atoms with Crippen LogP contribution in [-0.4, -0.2) is 9.13 Å². The Bertz CT molecular complexity index is 3230. The van der Waals surface area contributed by atoms with Gasteiger partial charge in [-0.3, -0.25) is 0 Å². The molecule has 0 unspecified atom stereocenters. The van der Waals surface area contributed by atoms with Gasteiger partial charge < -0.3 is 9.13 Å². The summed E-state index contributed by atoms with van der Waals surface area (Å²) in [5, 5.41) is 6.79. The van der Waals surface area contributed by atoms with Crippen molar-refractivity contribution in [2.24, 2.45) is 0 Å². The van der Waals surface area contributed by atoms with E-state index in [9.17, 15) is 0 Å². The molecule has 0 spiro atoms. The van der Waals surface area contributed by atoms with Gasteiger partial charge in [0.05, 0.1) is 28.9 Å². The molecule has 1 aliphatic heterocycles. The summed E-state index contributed by atoms with van der Waals surface area (Å²) in [7, 11) is 0. The normalized spacial score (nSPS) is 13.8. The summed E-state index contributed by atoms with van der Waals surface area (Å²) in [4.78, 5) is 2.53. The van der Waals surface area contributed by atoms with Crippen LogP contribution in [-0.2, 0) is 0 Å². The summed E-state index contributed by atoms with van der Waals surface area (Å²) in [6, 6.07) is 47.6. The molecule has 1 aliphatic rings. The second-order valence-corrected chi connectivity index (χ2v) is 13.6. The standard InChI is InChI=1S/C46H28N2S/c1-3-12-31(13-4-1)47-39-19-9-7-16-33(39)36-26-29(22-24-40(36)47)30-23-25-41-38(27-30)45-35-18-11-21-44-46(35)37(34-17-8-10-20-43(34)49-44)28-42(45)48(41)32-14-5-2-6-15-32/h1-28H/i1D,3D,4D,12D,13D. The average molecular weight is 646 g/mol. The maximum Gasteiger partial charge on any atom is 0.0645 e. The van der Waals surface area contributed by atoms with Crippen LogP contribution in [0.25, 0.3) is 88.0 Å². The van der Waals surface area contributed by atoms with Crippen LogP contribution in [0.4, 0.5) is 0 Å². The summed E-state index contributed by atoms with van der Waals surface area (Å²) in [5.74, 6) is 0. The molecule has 2 aromatic heterocycles. The van der Waals surface area contributed by atoms with E-state index in [1.54, 1.807) is 0 Å². The van der Waals surface area contributed by atoms with Crippen LogP contribution in [0.5, 0.6) is 0 Å². The van der Waals surface area contributed by atoms with Crippen molar-refractivity contribution in [2.45, 2.75) is 9.79 Å². The fourth-order valence-electron chi connectivity index (χ4n) is 7.93. The number of hydrogen-bond donors (Lipinski definition) is 0. The lowest BCUT2D eigenvalue weighted by atomic mass is 9.93. The quantitative estimate of drug-likeness (QED) is 0.186. The maximum atomic E-state index is 8.78. The molecule has 0 aliphatic carbocycles. The molecule has 0 amide bonds. The maximum absolute atomic E-state index is 8.78. The predicted octanol–water partition coefficient (Wildman–Crippen LogP) is 12.8. The minimum atomic E-state index is -0.401. The SMILES string of the molecule is [2H]c1c([2H])c([2H])c(-n2c3ccccc3c3cc(-c4ccc5c(c4)c4c6cccc7c6c(cc4n5-c4ccccc4)-c4ccccc4S7)ccc32)c([2H])c1[2H]. The zero-order chi connectivity index (χ0) is 36.4. The van der Waals surface area contributed by atoms with Crippen LogP contribution in [0.15, 0.2) is 180 Å².